The van der Waals surface area contributed by atoms with Crippen LogP contribution in [0.2, 0.25) is 5.02 Å². The van der Waals surface area contributed by atoms with Crippen LogP contribution in [-0.2, 0) is 16.4 Å². The highest BCUT2D eigenvalue weighted by Gasteiger charge is 2.23. The molecule has 0 atom stereocenters. The molecule has 1 aromatic carbocycles. The Hall–Kier alpha value is -1.50. The van der Waals surface area contributed by atoms with Crippen LogP contribution in [0.15, 0.2) is 47.5 Å². The second-order valence-corrected chi connectivity index (χ2v) is 6.99. The molecule has 0 unspecified atom stereocenters. The summed E-state index contributed by atoms with van der Waals surface area (Å²) in [5, 5.41) is -0.207. The number of nitrogens with zero attached hydrogens (tertiary/aromatic N) is 2. The normalized spacial score (nSPS) is 11.8. The van der Waals surface area contributed by atoms with E-state index in [0.717, 1.165) is 17.8 Å². The van der Waals surface area contributed by atoms with Crippen molar-refractivity contribution in [3.05, 3.63) is 59.1 Å². The van der Waals surface area contributed by atoms with Crippen LogP contribution in [0, 0.1) is 5.82 Å². The summed E-state index contributed by atoms with van der Waals surface area (Å²) in [6.07, 6.45) is 2.17. The maximum absolute atomic E-state index is 13.2. The molecule has 0 amide bonds. The van der Waals surface area contributed by atoms with Crippen LogP contribution in [0.5, 0.6) is 0 Å². The van der Waals surface area contributed by atoms with Crippen molar-refractivity contribution in [1.29, 1.82) is 0 Å². The Morgan fingerprint density at radius 3 is 2.64 bits per heavy atom. The standard InChI is InChI=1S/C15H16ClFN2O2S/c1-2-19(10-8-12-5-3-4-9-18-12)22(20,21)13-6-7-15(17)14(16)11-13/h3-7,9,11H,2,8,10H2,1H3. The van der Waals surface area contributed by atoms with E-state index < -0.39 is 15.8 Å². The van der Waals surface area contributed by atoms with Gasteiger partial charge in [-0.3, -0.25) is 4.98 Å². The minimum absolute atomic E-state index is 0.0122. The van der Waals surface area contributed by atoms with Crippen molar-refractivity contribution < 1.29 is 12.8 Å². The molecule has 22 heavy (non-hydrogen) atoms. The average molecular weight is 343 g/mol. The number of aromatic nitrogens is 1. The first-order chi connectivity index (χ1) is 10.4. The third kappa shape index (κ3) is 3.82. The van der Waals surface area contributed by atoms with Crippen LogP contribution in [0.3, 0.4) is 0 Å². The first-order valence-corrected chi connectivity index (χ1v) is 8.62. The second kappa shape index (κ2) is 7.17. The number of benzene rings is 1. The Labute approximate surface area is 134 Å². The smallest absolute Gasteiger partial charge is 0.243 e. The molecule has 118 valence electrons. The van der Waals surface area contributed by atoms with Crippen molar-refractivity contribution in [3.8, 4) is 0 Å². The molecule has 1 heterocycles. The summed E-state index contributed by atoms with van der Waals surface area (Å²) in [6.45, 7) is 2.36. The Balaban J connectivity index is 2.19. The summed E-state index contributed by atoms with van der Waals surface area (Å²) in [6, 6.07) is 8.91. The van der Waals surface area contributed by atoms with Crippen molar-refractivity contribution in [2.75, 3.05) is 13.1 Å². The first kappa shape index (κ1) is 16.9. The van der Waals surface area contributed by atoms with Crippen molar-refractivity contribution >= 4 is 21.6 Å². The number of halogens is 2. The van der Waals surface area contributed by atoms with Crippen LogP contribution in [0.4, 0.5) is 4.39 Å². The fourth-order valence-electron chi connectivity index (χ4n) is 2.02. The molecule has 1 aromatic heterocycles. The lowest BCUT2D eigenvalue weighted by molar-refractivity contribution is 0.429. The van der Waals surface area contributed by atoms with Gasteiger partial charge in [0.05, 0.1) is 9.92 Å². The van der Waals surface area contributed by atoms with Gasteiger partial charge in [-0.05, 0) is 30.3 Å². The van der Waals surface area contributed by atoms with Gasteiger partial charge in [-0.25, -0.2) is 12.8 Å². The Kier molecular flexibility index (Phi) is 5.50. The monoisotopic (exact) mass is 342 g/mol. The number of hydrogen-bond donors (Lipinski definition) is 0. The largest absolute Gasteiger partial charge is 0.261 e. The van der Waals surface area contributed by atoms with Gasteiger partial charge in [0.2, 0.25) is 10.0 Å². The van der Waals surface area contributed by atoms with Crippen molar-refractivity contribution in [2.45, 2.75) is 18.2 Å². The van der Waals surface area contributed by atoms with E-state index in [1.807, 2.05) is 12.1 Å². The zero-order valence-corrected chi connectivity index (χ0v) is 13.6. The average Bonchev–Trinajstić information content (AvgIpc) is 2.51. The number of rotatable bonds is 6. The highest BCUT2D eigenvalue weighted by atomic mass is 35.5. The molecule has 0 N–H and O–H groups in total. The van der Waals surface area contributed by atoms with Crippen LogP contribution >= 0.6 is 11.6 Å². The summed E-state index contributed by atoms with van der Waals surface area (Å²) >= 11 is 5.67. The van der Waals surface area contributed by atoms with Gasteiger partial charge in [0, 0.05) is 31.4 Å². The van der Waals surface area contributed by atoms with E-state index in [1.54, 1.807) is 19.2 Å². The van der Waals surface area contributed by atoms with E-state index in [-0.39, 0.29) is 9.92 Å². The summed E-state index contributed by atoms with van der Waals surface area (Å²) in [4.78, 5) is 4.16. The van der Waals surface area contributed by atoms with Crippen LogP contribution in [0.1, 0.15) is 12.6 Å². The number of likely N-dealkylation sites (N-methyl/N-ethyl adjacent to an activating group) is 1. The lowest BCUT2D eigenvalue weighted by atomic mass is 10.3. The maximum Gasteiger partial charge on any atom is 0.243 e. The summed E-state index contributed by atoms with van der Waals surface area (Å²) < 4.78 is 39.7. The van der Waals surface area contributed by atoms with E-state index in [0.29, 0.717) is 19.5 Å². The predicted molar refractivity (Wildman–Crippen MR) is 83.8 cm³/mol. The molecular formula is C15H16ClFN2O2S. The SMILES string of the molecule is CCN(CCc1ccccn1)S(=O)(=O)c1ccc(F)c(Cl)c1. The van der Waals surface area contributed by atoms with Gasteiger partial charge in [0.1, 0.15) is 5.82 Å². The molecule has 2 aromatic rings. The van der Waals surface area contributed by atoms with Crippen molar-refractivity contribution in [2.24, 2.45) is 0 Å². The fourth-order valence-corrected chi connectivity index (χ4v) is 3.74. The molecule has 0 aliphatic heterocycles. The molecule has 0 spiro atoms. The van der Waals surface area contributed by atoms with Gasteiger partial charge < -0.3 is 0 Å². The molecular weight excluding hydrogens is 327 g/mol. The van der Waals surface area contributed by atoms with Gasteiger partial charge >= 0.3 is 0 Å². The number of sulfonamides is 1. The first-order valence-electron chi connectivity index (χ1n) is 6.80. The number of hydrogen-bond acceptors (Lipinski definition) is 3. The molecule has 0 saturated heterocycles. The van der Waals surface area contributed by atoms with Crippen molar-refractivity contribution in [1.82, 2.24) is 9.29 Å². The molecule has 0 saturated carbocycles. The second-order valence-electron chi connectivity index (χ2n) is 4.64. The quantitative estimate of drug-likeness (QED) is 0.810. The molecule has 2 rings (SSSR count). The van der Waals surface area contributed by atoms with E-state index in [1.165, 1.54) is 10.4 Å². The molecule has 0 fully saturated rings. The Bertz CT molecular complexity index is 738. The zero-order chi connectivity index (χ0) is 16.2. The minimum Gasteiger partial charge on any atom is -0.261 e. The Morgan fingerprint density at radius 2 is 2.05 bits per heavy atom. The topological polar surface area (TPSA) is 50.3 Å². The molecule has 0 radical (unpaired) electrons. The van der Waals surface area contributed by atoms with Gasteiger partial charge in [0.15, 0.2) is 0 Å². The molecule has 0 aliphatic carbocycles. The van der Waals surface area contributed by atoms with E-state index in [9.17, 15) is 12.8 Å². The van der Waals surface area contributed by atoms with Gasteiger partial charge in [-0.1, -0.05) is 24.6 Å². The third-order valence-electron chi connectivity index (χ3n) is 3.23. The Morgan fingerprint density at radius 1 is 1.27 bits per heavy atom. The van der Waals surface area contributed by atoms with Crippen LogP contribution in [-0.4, -0.2) is 30.8 Å². The molecule has 0 aliphatic rings. The zero-order valence-electron chi connectivity index (χ0n) is 12.0. The predicted octanol–water partition coefficient (Wildman–Crippen LogP) is 3.13. The van der Waals surface area contributed by atoms with Crippen LogP contribution < -0.4 is 0 Å². The van der Waals surface area contributed by atoms with Gasteiger partial charge in [0.25, 0.3) is 0 Å². The van der Waals surface area contributed by atoms with E-state index >= 15 is 0 Å². The van der Waals surface area contributed by atoms with Crippen LogP contribution in [0.25, 0.3) is 0 Å². The molecule has 7 heteroatoms. The summed E-state index contributed by atoms with van der Waals surface area (Å²) in [5.74, 6) is -0.642. The minimum atomic E-state index is -3.71. The molecule has 4 nitrogen and oxygen atoms in total. The summed E-state index contributed by atoms with van der Waals surface area (Å²) in [5.41, 5.74) is 0.813. The van der Waals surface area contributed by atoms with Crippen molar-refractivity contribution in [3.63, 3.8) is 0 Å². The lowest BCUT2D eigenvalue weighted by Gasteiger charge is -2.20. The maximum atomic E-state index is 13.2. The fraction of sp³-hybridized carbons (Fsp3) is 0.267. The van der Waals surface area contributed by atoms with E-state index in [4.69, 9.17) is 11.6 Å². The lowest BCUT2D eigenvalue weighted by Crippen LogP contribution is -2.33. The van der Waals surface area contributed by atoms with Gasteiger partial charge in [-0.15, -0.1) is 0 Å². The third-order valence-corrected chi connectivity index (χ3v) is 5.48. The highest BCUT2D eigenvalue weighted by molar-refractivity contribution is 7.89. The number of pyridine rings is 1. The highest BCUT2D eigenvalue weighted by Crippen LogP contribution is 2.22. The summed E-state index contributed by atoms with van der Waals surface area (Å²) in [7, 11) is -3.71. The van der Waals surface area contributed by atoms with E-state index in [2.05, 4.69) is 4.98 Å². The van der Waals surface area contributed by atoms with Gasteiger partial charge in [-0.2, -0.15) is 4.31 Å². The molecule has 0 bridgehead atoms.